The molecule has 0 spiro atoms. The Kier molecular flexibility index (Phi) is 6.91. The Morgan fingerprint density at radius 3 is 2.76 bits per heavy atom. The van der Waals surface area contributed by atoms with E-state index in [-0.39, 0.29) is 11.9 Å². The summed E-state index contributed by atoms with van der Waals surface area (Å²) in [6.45, 7) is 1.49. The molecule has 0 unspecified atom stereocenters. The summed E-state index contributed by atoms with van der Waals surface area (Å²) in [5.41, 5.74) is -0.846. The number of anilines is 2. The Bertz CT molecular complexity index is 860. The van der Waals surface area contributed by atoms with Gasteiger partial charge in [0.2, 0.25) is 5.95 Å². The lowest BCUT2D eigenvalue weighted by molar-refractivity contribution is -0.142. The maximum atomic E-state index is 13.4. The molecule has 1 aliphatic heterocycles. The van der Waals surface area contributed by atoms with Crippen LogP contribution >= 0.6 is 15.9 Å². The number of nitrogens with one attached hydrogen (secondary N) is 2. The fourth-order valence-corrected chi connectivity index (χ4v) is 3.12. The van der Waals surface area contributed by atoms with Crippen LogP contribution in [0.15, 0.2) is 34.9 Å². The number of ether oxygens (including phenoxy) is 2. The van der Waals surface area contributed by atoms with Crippen LogP contribution in [-0.2, 0) is 10.9 Å². The van der Waals surface area contributed by atoms with E-state index in [1.54, 1.807) is 24.3 Å². The number of alkyl halides is 3. The van der Waals surface area contributed by atoms with Gasteiger partial charge in [0.15, 0.2) is 11.4 Å². The van der Waals surface area contributed by atoms with Crippen LogP contribution in [0.4, 0.5) is 29.6 Å². The molecule has 0 bridgehead atoms. The third-order valence-electron chi connectivity index (χ3n) is 4.18. The van der Waals surface area contributed by atoms with Gasteiger partial charge in [-0.1, -0.05) is 22.0 Å². The fourth-order valence-electron chi connectivity index (χ4n) is 2.72. The number of nitrogens with zero attached hydrogens (tertiary/aromatic N) is 2. The first-order valence-corrected chi connectivity index (χ1v) is 9.61. The number of amides is 1. The second-order valence-electron chi connectivity index (χ2n) is 6.37. The van der Waals surface area contributed by atoms with Crippen LogP contribution < -0.4 is 15.4 Å². The first-order valence-electron chi connectivity index (χ1n) is 8.81. The number of benzene rings is 1. The lowest BCUT2D eigenvalue weighted by Crippen LogP contribution is -2.34. The minimum atomic E-state index is -4.83. The molecule has 0 atom stereocenters. The van der Waals surface area contributed by atoms with Gasteiger partial charge in [0.05, 0.1) is 6.20 Å². The van der Waals surface area contributed by atoms with E-state index in [1.807, 2.05) is 0 Å². The highest BCUT2D eigenvalue weighted by Crippen LogP contribution is 2.35. The fraction of sp³-hybridized carbons (Fsp3) is 0.389. The molecule has 1 aromatic carbocycles. The van der Waals surface area contributed by atoms with Crippen LogP contribution in [-0.4, -0.2) is 35.8 Å². The van der Waals surface area contributed by atoms with Crippen LogP contribution in [0.25, 0.3) is 0 Å². The molecule has 3 rings (SSSR count). The smallest absolute Gasteiger partial charge is 0.406 e. The van der Waals surface area contributed by atoms with Gasteiger partial charge in [-0.3, -0.25) is 0 Å². The summed E-state index contributed by atoms with van der Waals surface area (Å²) >= 11 is 3.27. The van der Waals surface area contributed by atoms with Crippen LogP contribution in [0.3, 0.4) is 0 Å². The van der Waals surface area contributed by atoms with Gasteiger partial charge < -0.3 is 20.1 Å². The third-order valence-corrected chi connectivity index (χ3v) is 4.68. The minimum absolute atomic E-state index is 0.200. The van der Waals surface area contributed by atoms with Crippen molar-refractivity contribution in [2.45, 2.75) is 19.0 Å². The van der Waals surface area contributed by atoms with E-state index in [9.17, 15) is 18.0 Å². The van der Waals surface area contributed by atoms with Gasteiger partial charge in [-0.05, 0) is 37.0 Å². The number of rotatable bonds is 5. The van der Waals surface area contributed by atoms with Crippen molar-refractivity contribution in [2.24, 2.45) is 5.92 Å². The van der Waals surface area contributed by atoms with Crippen molar-refractivity contribution in [1.82, 2.24) is 15.3 Å². The van der Waals surface area contributed by atoms with Gasteiger partial charge in [-0.25, -0.2) is 14.8 Å². The first-order chi connectivity index (χ1) is 13.8. The van der Waals surface area contributed by atoms with Gasteiger partial charge in [0, 0.05) is 29.9 Å². The third kappa shape index (κ3) is 6.29. The molecular weight excluding hydrogens is 457 g/mol. The van der Waals surface area contributed by atoms with E-state index >= 15 is 0 Å². The van der Waals surface area contributed by atoms with Gasteiger partial charge in [-0.2, -0.15) is 13.2 Å². The summed E-state index contributed by atoms with van der Waals surface area (Å²) in [6, 6.07) is 6.78. The van der Waals surface area contributed by atoms with Gasteiger partial charge >= 0.3 is 12.3 Å². The number of carbonyl (C=O) groups excluding carboxylic acids is 1. The zero-order valence-electron chi connectivity index (χ0n) is 15.1. The van der Waals surface area contributed by atoms with Crippen LogP contribution in [0.5, 0.6) is 5.75 Å². The summed E-state index contributed by atoms with van der Waals surface area (Å²) in [7, 11) is 0. The Hall–Kier alpha value is -2.40. The average Bonchev–Trinajstić information content (AvgIpc) is 2.68. The van der Waals surface area contributed by atoms with Crippen LogP contribution in [0.1, 0.15) is 18.5 Å². The molecular formula is C18H18BrF3N4O3. The van der Waals surface area contributed by atoms with Crippen LogP contribution in [0, 0.1) is 5.92 Å². The zero-order valence-corrected chi connectivity index (χ0v) is 16.7. The predicted octanol–water partition coefficient (Wildman–Crippen LogP) is 4.52. The van der Waals surface area contributed by atoms with Gasteiger partial charge in [-0.15, -0.1) is 0 Å². The molecule has 1 fully saturated rings. The molecule has 2 aromatic rings. The van der Waals surface area contributed by atoms with Crippen molar-refractivity contribution < 1.29 is 27.4 Å². The van der Waals surface area contributed by atoms with Gasteiger partial charge in [0.25, 0.3) is 0 Å². The SMILES string of the molecule is O=C(NCC1CCOCC1)Oc1cnc(Nc2cccc(Br)c2)nc1C(F)(F)F. The Morgan fingerprint density at radius 1 is 1.31 bits per heavy atom. The summed E-state index contributed by atoms with van der Waals surface area (Å²) in [4.78, 5) is 19.2. The summed E-state index contributed by atoms with van der Waals surface area (Å²) in [5.74, 6) is -0.835. The topological polar surface area (TPSA) is 85.4 Å². The van der Waals surface area contributed by atoms with E-state index in [4.69, 9.17) is 9.47 Å². The van der Waals surface area contributed by atoms with Crippen molar-refractivity contribution in [3.8, 4) is 5.75 Å². The Balaban J connectivity index is 1.69. The lowest BCUT2D eigenvalue weighted by atomic mass is 10.0. The average molecular weight is 475 g/mol. The molecule has 1 amide bonds. The largest absolute Gasteiger partial charge is 0.437 e. The minimum Gasteiger partial charge on any atom is -0.406 e. The molecule has 0 radical (unpaired) electrons. The molecule has 0 aliphatic carbocycles. The van der Waals surface area contributed by atoms with Crippen molar-refractivity contribution >= 4 is 33.7 Å². The van der Waals surface area contributed by atoms with Crippen molar-refractivity contribution in [1.29, 1.82) is 0 Å². The lowest BCUT2D eigenvalue weighted by Gasteiger charge is -2.22. The van der Waals surface area contributed by atoms with Crippen LogP contribution in [0.2, 0.25) is 0 Å². The number of carbonyl (C=O) groups is 1. The molecule has 11 heteroatoms. The second kappa shape index (κ2) is 9.40. The van der Waals surface area contributed by atoms with Crippen molar-refractivity contribution in [3.63, 3.8) is 0 Å². The standard InChI is InChI=1S/C18H18BrF3N4O3/c19-12-2-1-3-13(8-12)25-16-23-10-14(15(26-16)18(20,21)22)29-17(27)24-9-11-4-6-28-7-5-11/h1-3,8,10-11H,4-7,9H2,(H,24,27)(H,23,25,26). The first kappa shape index (κ1) is 21.3. The normalized spacial score (nSPS) is 15.0. The quantitative estimate of drug-likeness (QED) is 0.662. The zero-order chi connectivity index (χ0) is 20.9. The highest BCUT2D eigenvalue weighted by atomic mass is 79.9. The Labute approximate surface area is 173 Å². The second-order valence-corrected chi connectivity index (χ2v) is 7.28. The number of hydrogen-bond acceptors (Lipinski definition) is 6. The van der Waals surface area contributed by atoms with Crippen molar-refractivity contribution in [3.05, 3.63) is 40.6 Å². The van der Waals surface area contributed by atoms with E-state index in [2.05, 4.69) is 36.5 Å². The molecule has 0 saturated carbocycles. The number of halogens is 4. The van der Waals surface area contributed by atoms with Gasteiger partial charge in [0.1, 0.15) is 0 Å². The molecule has 1 aromatic heterocycles. The van der Waals surface area contributed by atoms with E-state index < -0.39 is 23.7 Å². The Morgan fingerprint density at radius 2 is 2.07 bits per heavy atom. The van der Waals surface area contributed by atoms with E-state index in [0.717, 1.165) is 23.5 Å². The van der Waals surface area contributed by atoms with E-state index in [0.29, 0.717) is 25.4 Å². The molecule has 2 N–H and O–H groups in total. The maximum absolute atomic E-state index is 13.4. The molecule has 7 nitrogen and oxygen atoms in total. The maximum Gasteiger partial charge on any atom is 0.437 e. The highest BCUT2D eigenvalue weighted by molar-refractivity contribution is 9.10. The predicted molar refractivity (Wildman–Crippen MR) is 102 cm³/mol. The monoisotopic (exact) mass is 474 g/mol. The molecule has 2 heterocycles. The molecule has 1 saturated heterocycles. The summed E-state index contributed by atoms with van der Waals surface area (Å²) in [6.07, 6.45) is -3.45. The highest BCUT2D eigenvalue weighted by Gasteiger charge is 2.38. The number of aromatic nitrogens is 2. The summed E-state index contributed by atoms with van der Waals surface area (Å²) < 4.78 is 51.0. The number of hydrogen-bond donors (Lipinski definition) is 2. The van der Waals surface area contributed by atoms with E-state index in [1.165, 1.54) is 0 Å². The van der Waals surface area contributed by atoms with Crippen molar-refractivity contribution in [2.75, 3.05) is 25.1 Å². The molecule has 1 aliphatic rings. The molecule has 156 valence electrons. The molecule has 29 heavy (non-hydrogen) atoms. The summed E-state index contributed by atoms with van der Waals surface area (Å²) in [5, 5.41) is 5.17.